The molecule has 1 aliphatic carbocycles. The molecule has 0 aromatic carbocycles. The zero-order valence-electron chi connectivity index (χ0n) is 12.7. The van der Waals surface area contributed by atoms with Gasteiger partial charge in [-0.3, -0.25) is 10.9 Å². The third-order valence-electron chi connectivity index (χ3n) is 2.99. The predicted molar refractivity (Wildman–Crippen MR) is 76.8 cm³/mol. The van der Waals surface area contributed by atoms with Gasteiger partial charge in [0.05, 0.1) is 0 Å². The number of carbonyl (C=O) groups excluding carboxylic acids is 2. The Morgan fingerprint density at radius 3 is 1.60 bits per heavy atom. The van der Waals surface area contributed by atoms with Crippen LogP contribution in [0.25, 0.3) is 0 Å². The highest BCUT2D eigenvalue weighted by Crippen LogP contribution is 2.18. The van der Waals surface area contributed by atoms with E-state index in [4.69, 9.17) is 0 Å². The summed E-state index contributed by atoms with van der Waals surface area (Å²) in [5.41, 5.74) is 5.30. The molecule has 0 spiro atoms. The second kappa shape index (κ2) is 7.91. The summed E-state index contributed by atoms with van der Waals surface area (Å²) in [5, 5.41) is 9.03. The summed E-state index contributed by atoms with van der Waals surface area (Å²) in [4.78, 5) is 23.3. The maximum atomic E-state index is 11.6. The van der Waals surface area contributed by atoms with E-state index in [1.807, 2.05) is 0 Å². The van der Waals surface area contributed by atoms with E-state index in [0.29, 0.717) is 0 Å². The predicted octanol–water partition coefficient (Wildman–Crippen LogP) is -0.151. The van der Waals surface area contributed by atoms with Crippen molar-refractivity contribution in [3.63, 3.8) is 0 Å². The molecule has 116 valence electrons. The summed E-state index contributed by atoms with van der Waals surface area (Å²) < 4.78 is 0. The second-order valence-electron chi connectivity index (χ2n) is 5.52. The van der Waals surface area contributed by atoms with Crippen molar-refractivity contribution in [2.45, 2.75) is 37.8 Å². The van der Waals surface area contributed by atoms with E-state index in [0.717, 1.165) is 25.7 Å². The maximum absolute atomic E-state index is 11.6. The molecule has 4 N–H and O–H groups in total. The molecule has 0 saturated heterocycles. The van der Waals surface area contributed by atoms with Crippen molar-refractivity contribution in [1.29, 1.82) is 0 Å². The van der Waals surface area contributed by atoms with Crippen LogP contribution in [0.3, 0.4) is 0 Å². The molecule has 8 nitrogen and oxygen atoms in total. The van der Waals surface area contributed by atoms with Crippen LogP contribution in [0.1, 0.15) is 25.7 Å². The summed E-state index contributed by atoms with van der Waals surface area (Å²) >= 11 is 0. The van der Waals surface area contributed by atoms with Crippen LogP contribution < -0.4 is 21.5 Å². The van der Waals surface area contributed by atoms with Gasteiger partial charge < -0.3 is 10.6 Å². The van der Waals surface area contributed by atoms with Crippen LogP contribution >= 0.6 is 0 Å². The van der Waals surface area contributed by atoms with E-state index in [1.165, 1.54) is 0 Å². The molecule has 1 aliphatic rings. The van der Waals surface area contributed by atoms with E-state index in [2.05, 4.69) is 21.5 Å². The fourth-order valence-corrected chi connectivity index (χ4v) is 2.29. The fourth-order valence-electron chi connectivity index (χ4n) is 2.29. The first-order chi connectivity index (χ1) is 9.36. The minimum absolute atomic E-state index is 0.0911. The molecule has 0 radical (unpaired) electrons. The van der Waals surface area contributed by atoms with Crippen molar-refractivity contribution in [3.8, 4) is 0 Å². The monoisotopic (exact) mass is 286 g/mol. The molecule has 2 unspecified atom stereocenters. The van der Waals surface area contributed by atoms with Gasteiger partial charge in [0.1, 0.15) is 0 Å². The van der Waals surface area contributed by atoms with Gasteiger partial charge in [0.15, 0.2) is 0 Å². The number of hydrogen-bond donors (Lipinski definition) is 4. The van der Waals surface area contributed by atoms with E-state index in [1.54, 1.807) is 38.2 Å². The minimum Gasteiger partial charge on any atom is -0.334 e. The van der Waals surface area contributed by atoms with Gasteiger partial charge in [-0.25, -0.2) is 19.6 Å². The SMILES string of the molecule is CN(C)NC(=O)NC1CCCC(NC(=O)NN(C)C)C1. The molecule has 8 heteroatoms. The van der Waals surface area contributed by atoms with Crippen LogP contribution in [-0.2, 0) is 0 Å². The van der Waals surface area contributed by atoms with Crippen LogP contribution in [0.2, 0.25) is 0 Å². The molecule has 4 amide bonds. The third-order valence-corrected chi connectivity index (χ3v) is 2.99. The van der Waals surface area contributed by atoms with Gasteiger partial charge in [0.25, 0.3) is 0 Å². The third kappa shape index (κ3) is 6.58. The standard InChI is InChI=1S/C12H26N6O2/c1-17(2)15-11(19)13-9-6-5-7-10(8-9)14-12(20)16-18(3)4/h9-10H,5-8H2,1-4H3,(H2,13,15,19)(H2,14,16,20). The lowest BCUT2D eigenvalue weighted by Crippen LogP contribution is -2.53. The van der Waals surface area contributed by atoms with Crippen LogP contribution in [0, 0.1) is 0 Å². The smallest absolute Gasteiger partial charge is 0.329 e. The van der Waals surface area contributed by atoms with Crippen LogP contribution in [0.5, 0.6) is 0 Å². The van der Waals surface area contributed by atoms with Crippen LogP contribution in [0.4, 0.5) is 9.59 Å². The van der Waals surface area contributed by atoms with Crippen LogP contribution in [0.15, 0.2) is 0 Å². The molecule has 0 bridgehead atoms. The normalized spacial score (nSPS) is 22.5. The fraction of sp³-hybridized carbons (Fsp3) is 0.833. The Hall–Kier alpha value is -1.54. The van der Waals surface area contributed by atoms with Gasteiger partial charge in [0.2, 0.25) is 0 Å². The Morgan fingerprint density at radius 1 is 0.850 bits per heavy atom. The van der Waals surface area contributed by atoms with Gasteiger partial charge in [-0.2, -0.15) is 0 Å². The topological polar surface area (TPSA) is 88.7 Å². The largest absolute Gasteiger partial charge is 0.334 e. The van der Waals surface area contributed by atoms with Crippen molar-refractivity contribution >= 4 is 12.1 Å². The lowest BCUT2D eigenvalue weighted by molar-refractivity contribution is 0.195. The molecule has 0 aromatic heterocycles. The van der Waals surface area contributed by atoms with Crippen molar-refractivity contribution in [1.82, 2.24) is 31.5 Å². The number of nitrogens with one attached hydrogen (secondary N) is 4. The Labute approximate surface area is 120 Å². The Bertz CT molecular complexity index is 304. The molecule has 0 heterocycles. The summed E-state index contributed by atoms with van der Waals surface area (Å²) in [5.74, 6) is 0. The molecule has 1 rings (SSSR count). The summed E-state index contributed by atoms with van der Waals surface area (Å²) in [6, 6.07) is -0.238. The number of urea groups is 2. The highest BCUT2D eigenvalue weighted by atomic mass is 16.2. The van der Waals surface area contributed by atoms with E-state index in [9.17, 15) is 9.59 Å². The van der Waals surface area contributed by atoms with Gasteiger partial charge >= 0.3 is 12.1 Å². The zero-order valence-corrected chi connectivity index (χ0v) is 12.7. The first-order valence-electron chi connectivity index (χ1n) is 6.85. The Kier molecular flexibility index (Phi) is 6.53. The molecule has 2 atom stereocenters. The average Bonchev–Trinajstić information content (AvgIpc) is 2.26. The molecule has 0 aliphatic heterocycles. The lowest BCUT2D eigenvalue weighted by Gasteiger charge is -2.31. The molecular weight excluding hydrogens is 260 g/mol. The minimum atomic E-state index is -0.210. The maximum Gasteiger partial charge on any atom is 0.329 e. The summed E-state index contributed by atoms with van der Waals surface area (Å²) in [6.45, 7) is 0. The number of hydrogen-bond acceptors (Lipinski definition) is 4. The van der Waals surface area contributed by atoms with E-state index >= 15 is 0 Å². The van der Waals surface area contributed by atoms with E-state index < -0.39 is 0 Å². The average molecular weight is 286 g/mol. The summed E-state index contributed by atoms with van der Waals surface area (Å²) in [6.07, 6.45) is 3.62. The zero-order chi connectivity index (χ0) is 15.1. The highest BCUT2D eigenvalue weighted by Gasteiger charge is 2.24. The highest BCUT2D eigenvalue weighted by molar-refractivity contribution is 5.74. The second-order valence-corrected chi connectivity index (χ2v) is 5.52. The molecule has 20 heavy (non-hydrogen) atoms. The Morgan fingerprint density at radius 2 is 1.25 bits per heavy atom. The Balaban J connectivity index is 2.35. The van der Waals surface area contributed by atoms with Crippen molar-refractivity contribution in [2.75, 3.05) is 28.2 Å². The van der Waals surface area contributed by atoms with Gasteiger partial charge in [0, 0.05) is 40.3 Å². The molecular formula is C12H26N6O2. The molecule has 1 saturated carbocycles. The van der Waals surface area contributed by atoms with Crippen molar-refractivity contribution in [2.24, 2.45) is 0 Å². The first-order valence-corrected chi connectivity index (χ1v) is 6.85. The van der Waals surface area contributed by atoms with E-state index in [-0.39, 0.29) is 24.1 Å². The number of carbonyl (C=O) groups is 2. The first kappa shape index (κ1) is 16.5. The van der Waals surface area contributed by atoms with Gasteiger partial charge in [-0.1, -0.05) is 0 Å². The molecule has 0 aromatic rings. The van der Waals surface area contributed by atoms with Crippen LogP contribution in [-0.4, -0.2) is 62.4 Å². The number of nitrogens with zero attached hydrogens (tertiary/aromatic N) is 2. The number of hydrazine groups is 2. The van der Waals surface area contributed by atoms with Crippen molar-refractivity contribution < 1.29 is 9.59 Å². The number of amides is 4. The van der Waals surface area contributed by atoms with Gasteiger partial charge in [-0.05, 0) is 25.7 Å². The molecule has 1 fully saturated rings. The van der Waals surface area contributed by atoms with Crippen molar-refractivity contribution in [3.05, 3.63) is 0 Å². The number of rotatable bonds is 4. The summed E-state index contributed by atoms with van der Waals surface area (Å²) in [7, 11) is 7.04. The lowest BCUT2D eigenvalue weighted by atomic mass is 9.91. The van der Waals surface area contributed by atoms with Gasteiger partial charge in [-0.15, -0.1) is 0 Å². The quantitative estimate of drug-likeness (QED) is 0.541.